The molecule has 6 nitrogen and oxygen atoms in total. The summed E-state index contributed by atoms with van der Waals surface area (Å²) in [7, 11) is 3.86. The van der Waals surface area contributed by atoms with E-state index in [1.54, 1.807) is 7.11 Å². The van der Waals surface area contributed by atoms with E-state index in [-0.39, 0.29) is 12.1 Å². The Kier molecular flexibility index (Phi) is 8.36. The molecule has 0 aliphatic carbocycles. The number of fused-ring (bicyclic) bond motifs is 1. The molecule has 3 heterocycles. The van der Waals surface area contributed by atoms with E-state index in [1.165, 1.54) is 21.0 Å². The predicted molar refractivity (Wildman–Crippen MR) is 124 cm³/mol. The second-order valence-corrected chi connectivity index (χ2v) is 9.65. The van der Waals surface area contributed by atoms with Crippen molar-refractivity contribution in [1.82, 2.24) is 20.1 Å². The molecule has 30 heavy (non-hydrogen) atoms. The molecule has 1 aliphatic rings. The van der Waals surface area contributed by atoms with Gasteiger partial charge in [-0.1, -0.05) is 13.8 Å². The van der Waals surface area contributed by atoms with Crippen molar-refractivity contribution in [2.24, 2.45) is 5.92 Å². The molecule has 2 aromatic heterocycles. The highest BCUT2D eigenvalue weighted by molar-refractivity contribution is 7.15. The van der Waals surface area contributed by atoms with E-state index < -0.39 is 0 Å². The summed E-state index contributed by atoms with van der Waals surface area (Å²) in [4.78, 5) is 16.5. The number of aromatic nitrogens is 1. The Labute approximate surface area is 184 Å². The van der Waals surface area contributed by atoms with Crippen molar-refractivity contribution in [1.29, 1.82) is 0 Å². The fourth-order valence-electron chi connectivity index (χ4n) is 3.98. The summed E-state index contributed by atoms with van der Waals surface area (Å²) in [5.74, 6) is 0.592. The molecule has 0 radical (unpaired) electrons. The number of carbonyl (C=O) groups is 1. The lowest BCUT2D eigenvalue weighted by Crippen LogP contribution is -2.39. The van der Waals surface area contributed by atoms with Gasteiger partial charge in [0, 0.05) is 56.2 Å². The number of nitrogens with zero attached hydrogens (tertiary/aromatic N) is 2. The van der Waals surface area contributed by atoms with Crippen LogP contribution in [0, 0.1) is 5.92 Å². The summed E-state index contributed by atoms with van der Waals surface area (Å²) in [6.07, 6.45) is 8.08. The van der Waals surface area contributed by atoms with Gasteiger partial charge in [0.15, 0.2) is 0 Å². The monoisotopic (exact) mass is 432 g/mol. The molecular weight excluding hydrogens is 396 g/mol. The van der Waals surface area contributed by atoms with Gasteiger partial charge in [0.2, 0.25) is 0 Å². The van der Waals surface area contributed by atoms with E-state index >= 15 is 0 Å². The molecule has 0 saturated heterocycles. The molecule has 2 aromatic rings. The number of carbonyl (C=O) groups excluding carboxylic acids is 1. The van der Waals surface area contributed by atoms with Crippen LogP contribution in [-0.4, -0.2) is 49.4 Å². The zero-order valence-electron chi connectivity index (χ0n) is 18.7. The van der Waals surface area contributed by atoms with Crippen LogP contribution in [0.1, 0.15) is 55.2 Å². The smallest absolute Gasteiger partial charge is 0.315 e. The highest BCUT2D eigenvalue weighted by atomic mass is 32.1. The third-order valence-electron chi connectivity index (χ3n) is 5.61. The summed E-state index contributed by atoms with van der Waals surface area (Å²) in [6.45, 7) is 7.80. The highest BCUT2D eigenvalue weighted by Gasteiger charge is 2.29. The second kappa shape index (κ2) is 11.0. The maximum absolute atomic E-state index is 12.7. The van der Waals surface area contributed by atoms with Crippen LogP contribution in [0.3, 0.4) is 0 Å². The maximum atomic E-state index is 12.7. The van der Waals surface area contributed by atoms with Crippen molar-refractivity contribution < 1.29 is 9.53 Å². The number of thiophene rings is 1. The minimum absolute atomic E-state index is 0.00984. The number of amides is 2. The Morgan fingerprint density at radius 2 is 2.03 bits per heavy atom. The SMILES string of the molecule is COCCCNC(=O)N[C@H](CCC(C)C)c1c(-n2cccc2)sc2c1CCN(C)C2. The van der Waals surface area contributed by atoms with Crippen LogP contribution in [0.15, 0.2) is 24.5 Å². The zero-order chi connectivity index (χ0) is 21.5. The van der Waals surface area contributed by atoms with Crippen LogP contribution in [0.2, 0.25) is 0 Å². The third kappa shape index (κ3) is 5.86. The van der Waals surface area contributed by atoms with Crippen molar-refractivity contribution >= 4 is 17.4 Å². The van der Waals surface area contributed by atoms with E-state index in [0.717, 1.165) is 38.8 Å². The molecule has 0 bridgehead atoms. The first-order valence-corrected chi connectivity index (χ1v) is 11.8. The summed E-state index contributed by atoms with van der Waals surface area (Å²) < 4.78 is 7.29. The molecule has 0 unspecified atom stereocenters. The number of hydrogen-bond acceptors (Lipinski definition) is 4. The third-order valence-corrected chi connectivity index (χ3v) is 6.85. The standard InChI is InChI=1S/C23H36N4O2S/c1-17(2)8-9-19(25-23(28)24-11-7-15-29-4)21-18-10-14-26(3)16-20(18)30-22(21)27-12-5-6-13-27/h5-6,12-13,17,19H,7-11,14-16H2,1-4H3,(H2,24,25,28)/t19-/m1/s1. The average Bonchev–Trinajstić information content (AvgIpc) is 3.35. The predicted octanol–water partition coefficient (Wildman–Crippen LogP) is 4.34. The van der Waals surface area contributed by atoms with E-state index in [9.17, 15) is 4.79 Å². The van der Waals surface area contributed by atoms with Gasteiger partial charge in [0.25, 0.3) is 0 Å². The molecular formula is C23H36N4O2S. The number of nitrogens with one attached hydrogen (secondary N) is 2. The molecule has 166 valence electrons. The molecule has 2 amide bonds. The second-order valence-electron chi connectivity index (χ2n) is 8.57. The number of methoxy groups -OCH3 is 1. The molecule has 1 atom stereocenters. The summed E-state index contributed by atoms with van der Waals surface area (Å²) in [6, 6.07) is 4.04. The molecule has 0 fully saturated rings. The summed E-state index contributed by atoms with van der Waals surface area (Å²) >= 11 is 1.87. The Morgan fingerprint density at radius 3 is 2.73 bits per heavy atom. The van der Waals surface area contributed by atoms with Crippen molar-refractivity contribution in [3.63, 3.8) is 0 Å². The summed E-state index contributed by atoms with van der Waals surface area (Å²) in [5, 5.41) is 7.55. The van der Waals surface area contributed by atoms with Gasteiger partial charge < -0.3 is 24.8 Å². The number of hydrogen-bond donors (Lipinski definition) is 2. The van der Waals surface area contributed by atoms with Crippen LogP contribution in [0.5, 0.6) is 0 Å². The lowest BCUT2D eigenvalue weighted by Gasteiger charge is -2.26. The van der Waals surface area contributed by atoms with Gasteiger partial charge in [-0.05, 0) is 56.3 Å². The van der Waals surface area contributed by atoms with Gasteiger partial charge in [-0.25, -0.2) is 4.79 Å². The molecule has 0 aromatic carbocycles. The van der Waals surface area contributed by atoms with Crippen molar-refractivity contribution in [3.8, 4) is 5.00 Å². The Hall–Kier alpha value is -1.83. The Balaban J connectivity index is 1.88. The molecule has 0 spiro atoms. The van der Waals surface area contributed by atoms with Gasteiger partial charge in [-0.15, -0.1) is 11.3 Å². The molecule has 7 heteroatoms. The summed E-state index contributed by atoms with van der Waals surface area (Å²) in [5.41, 5.74) is 2.75. The number of rotatable bonds is 10. The van der Waals surface area contributed by atoms with Gasteiger partial charge in [0.1, 0.15) is 5.00 Å². The molecule has 3 rings (SSSR count). The Bertz CT molecular complexity index is 800. The van der Waals surface area contributed by atoms with Gasteiger partial charge in [-0.2, -0.15) is 0 Å². The van der Waals surface area contributed by atoms with Crippen LogP contribution >= 0.6 is 11.3 Å². The topological polar surface area (TPSA) is 58.5 Å². The first-order chi connectivity index (χ1) is 14.5. The van der Waals surface area contributed by atoms with E-state index in [2.05, 4.69) is 65.5 Å². The Morgan fingerprint density at radius 1 is 1.27 bits per heavy atom. The van der Waals surface area contributed by atoms with Gasteiger partial charge in [-0.3, -0.25) is 0 Å². The number of urea groups is 1. The quantitative estimate of drug-likeness (QED) is 0.549. The number of likely N-dealkylation sites (N-methyl/N-ethyl adjacent to an activating group) is 1. The zero-order valence-corrected chi connectivity index (χ0v) is 19.6. The van der Waals surface area contributed by atoms with Crippen LogP contribution < -0.4 is 10.6 Å². The van der Waals surface area contributed by atoms with Crippen molar-refractivity contribution in [3.05, 3.63) is 40.5 Å². The van der Waals surface area contributed by atoms with Crippen LogP contribution in [-0.2, 0) is 17.7 Å². The maximum Gasteiger partial charge on any atom is 0.315 e. The van der Waals surface area contributed by atoms with E-state index in [1.807, 2.05) is 11.3 Å². The first-order valence-electron chi connectivity index (χ1n) is 11.0. The lowest BCUT2D eigenvalue weighted by molar-refractivity contribution is 0.193. The largest absolute Gasteiger partial charge is 0.385 e. The van der Waals surface area contributed by atoms with Crippen molar-refractivity contribution in [2.45, 2.75) is 52.1 Å². The normalized spacial score (nSPS) is 15.2. The minimum Gasteiger partial charge on any atom is -0.385 e. The van der Waals surface area contributed by atoms with Crippen LogP contribution in [0.25, 0.3) is 5.00 Å². The fraction of sp³-hybridized carbons (Fsp3) is 0.609. The van der Waals surface area contributed by atoms with E-state index in [0.29, 0.717) is 19.1 Å². The molecule has 2 N–H and O–H groups in total. The van der Waals surface area contributed by atoms with Gasteiger partial charge >= 0.3 is 6.03 Å². The molecule has 0 saturated carbocycles. The minimum atomic E-state index is -0.0915. The lowest BCUT2D eigenvalue weighted by atomic mass is 9.93. The van der Waals surface area contributed by atoms with Crippen molar-refractivity contribution in [2.75, 3.05) is 33.9 Å². The fourth-order valence-corrected chi connectivity index (χ4v) is 5.43. The van der Waals surface area contributed by atoms with E-state index in [4.69, 9.17) is 4.74 Å². The number of ether oxygens (including phenoxy) is 1. The van der Waals surface area contributed by atoms with Gasteiger partial charge in [0.05, 0.1) is 6.04 Å². The first kappa shape index (κ1) is 22.8. The average molecular weight is 433 g/mol. The van der Waals surface area contributed by atoms with Crippen LogP contribution in [0.4, 0.5) is 4.79 Å². The molecule has 1 aliphatic heterocycles. The highest BCUT2D eigenvalue weighted by Crippen LogP contribution is 2.40.